The van der Waals surface area contributed by atoms with E-state index in [0.29, 0.717) is 13.1 Å². The Morgan fingerprint density at radius 3 is 2.46 bits per heavy atom. The molecule has 0 fully saturated rings. The van der Waals surface area contributed by atoms with Crippen LogP contribution in [0.5, 0.6) is 0 Å². The lowest BCUT2D eigenvalue weighted by Gasteiger charge is -2.23. The van der Waals surface area contributed by atoms with Crippen LogP contribution in [-0.2, 0) is 17.7 Å². The average Bonchev–Trinajstić information content (AvgIpc) is 3.26. The summed E-state index contributed by atoms with van der Waals surface area (Å²) >= 11 is 1.75. The molecule has 2 N–H and O–H groups in total. The third-order valence-electron chi connectivity index (χ3n) is 5.60. The van der Waals surface area contributed by atoms with Crippen molar-refractivity contribution in [2.24, 2.45) is 0 Å². The molecule has 1 atom stereocenters. The van der Waals surface area contributed by atoms with Crippen molar-refractivity contribution in [2.45, 2.75) is 52.3 Å². The highest BCUT2D eigenvalue weighted by Crippen LogP contribution is 2.26. The van der Waals surface area contributed by atoms with Crippen molar-refractivity contribution >= 4 is 28.2 Å². The normalized spacial score (nSPS) is 12.5. The minimum absolute atomic E-state index is 0.0191. The van der Waals surface area contributed by atoms with E-state index in [-0.39, 0.29) is 6.04 Å². The number of carbonyl (C=O) groups excluding carboxylic acids is 1. The summed E-state index contributed by atoms with van der Waals surface area (Å²) in [5.41, 5.74) is 2.77. The van der Waals surface area contributed by atoms with E-state index in [4.69, 9.17) is 4.74 Å². The van der Waals surface area contributed by atoms with Crippen LogP contribution in [0.4, 0.5) is 4.79 Å². The molecule has 0 aliphatic carbocycles. The number of nitrogens with zero attached hydrogens (tertiary/aromatic N) is 1. The van der Waals surface area contributed by atoms with Crippen molar-refractivity contribution in [3.63, 3.8) is 0 Å². The third kappa shape index (κ3) is 7.38. The number of nitrogens with one attached hydrogen (secondary N) is 2. The van der Waals surface area contributed by atoms with Crippen molar-refractivity contribution in [2.75, 3.05) is 6.54 Å². The van der Waals surface area contributed by atoms with Gasteiger partial charge in [-0.3, -0.25) is 4.98 Å². The first-order valence-corrected chi connectivity index (χ1v) is 12.8. The lowest BCUT2D eigenvalue weighted by molar-refractivity contribution is 0.0522. The van der Waals surface area contributed by atoms with Crippen molar-refractivity contribution in [3.05, 3.63) is 88.9 Å². The van der Waals surface area contributed by atoms with Gasteiger partial charge in [-0.15, -0.1) is 11.3 Å². The Kier molecular flexibility index (Phi) is 7.83. The number of hydrogen-bond acceptors (Lipinski definition) is 5. The standard InChI is InChI=1S/C29H33N3O2S/c1-20-9-14-27(35-20)26-13-11-22(18-31-26)16-25(19-32-28(33)34-29(2,3)4)30-17-21-10-12-23-7-5-6-8-24(23)15-21/h5-15,18,25,30H,16-17,19H2,1-4H3,(H,32,33). The van der Waals surface area contributed by atoms with Crippen molar-refractivity contribution in [1.82, 2.24) is 15.6 Å². The number of aromatic nitrogens is 1. The second-order valence-electron chi connectivity index (χ2n) is 9.81. The maximum atomic E-state index is 12.3. The number of pyridine rings is 1. The van der Waals surface area contributed by atoms with E-state index >= 15 is 0 Å². The molecule has 0 radical (unpaired) electrons. The molecule has 0 saturated carbocycles. The number of hydrogen-bond donors (Lipinski definition) is 2. The third-order valence-corrected chi connectivity index (χ3v) is 6.62. The summed E-state index contributed by atoms with van der Waals surface area (Å²) in [6.45, 7) is 8.85. The van der Waals surface area contributed by atoms with E-state index in [1.165, 1.54) is 26.1 Å². The highest BCUT2D eigenvalue weighted by atomic mass is 32.1. The SMILES string of the molecule is Cc1ccc(-c2ccc(CC(CNC(=O)OC(C)(C)C)NCc3ccc4ccccc4c3)cn2)s1. The van der Waals surface area contributed by atoms with Gasteiger partial charge >= 0.3 is 6.09 Å². The molecule has 2 heterocycles. The number of benzene rings is 2. The van der Waals surface area contributed by atoms with Gasteiger partial charge in [0.15, 0.2) is 0 Å². The minimum atomic E-state index is -0.530. The number of fused-ring (bicyclic) bond motifs is 1. The Balaban J connectivity index is 1.44. The Labute approximate surface area is 211 Å². The van der Waals surface area contributed by atoms with Crippen molar-refractivity contribution in [1.29, 1.82) is 0 Å². The zero-order chi connectivity index (χ0) is 24.8. The fourth-order valence-electron chi connectivity index (χ4n) is 3.90. The smallest absolute Gasteiger partial charge is 0.407 e. The molecule has 0 bridgehead atoms. The summed E-state index contributed by atoms with van der Waals surface area (Å²) in [6.07, 6.45) is 2.26. The minimum Gasteiger partial charge on any atom is -0.444 e. The van der Waals surface area contributed by atoms with Crippen molar-refractivity contribution in [3.8, 4) is 10.6 Å². The van der Waals surface area contributed by atoms with Crippen LogP contribution in [0.25, 0.3) is 21.3 Å². The van der Waals surface area contributed by atoms with Crippen LogP contribution in [-0.4, -0.2) is 29.3 Å². The Morgan fingerprint density at radius 2 is 1.77 bits per heavy atom. The van der Waals surface area contributed by atoms with Gasteiger partial charge < -0.3 is 15.4 Å². The first kappa shape index (κ1) is 24.9. The first-order chi connectivity index (χ1) is 16.7. The number of aryl methyl sites for hydroxylation is 1. The zero-order valence-electron chi connectivity index (χ0n) is 20.8. The maximum absolute atomic E-state index is 12.3. The van der Waals surface area contributed by atoms with Crippen LogP contribution in [0.3, 0.4) is 0 Å². The molecule has 4 aromatic rings. The van der Waals surface area contributed by atoms with Crippen LogP contribution in [0.1, 0.15) is 36.8 Å². The summed E-state index contributed by atoms with van der Waals surface area (Å²) in [4.78, 5) is 19.4. The number of ether oxygens (including phenoxy) is 1. The maximum Gasteiger partial charge on any atom is 0.407 e. The van der Waals surface area contributed by atoms with Gasteiger partial charge in [0.05, 0.1) is 10.6 Å². The number of amides is 1. The molecule has 2 aromatic carbocycles. The predicted molar refractivity (Wildman–Crippen MR) is 145 cm³/mol. The zero-order valence-corrected chi connectivity index (χ0v) is 21.6. The van der Waals surface area contributed by atoms with E-state index in [1.807, 2.05) is 27.0 Å². The predicted octanol–water partition coefficient (Wildman–Crippen LogP) is 6.50. The lowest BCUT2D eigenvalue weighted by atomic mass is 10.0. The first-order valence-electron chi connectivity index (χ1n) is 11.9. The van der Waals surface area contributed by atoms with E-state index in [0.717, 1.165) is 17.7 Å². The monoisotopic (exact) mass is 487 g/mol. The van der Waals surface area contributed by atoms with Gasteiger partial charge in [0.2, 0.25) is 0 Å². The fourth-order valence-corrected chi connectivity index (χ4v) is 4.74. The van der Waals surface area contributed by atoms with Gasteiger partial charge in [-0.05, 0) is 80.3 Å². The molecule has 0 spiro atoms. The van der Waals surface area contributed by atoms with Crippen LogP contribution in [0, 0.1) is 6.92 Å². The highest BCUT2D eigenvalue weighted by Gasteiger charge is 2.18. The number of carbonyl (C=O) groups is 1. The van der Waals surface area contributed by atoms with Gasteiger partial charge in [0, 0.05) is 30.2 Å². The van der Waals surface area contributed by atoms with Gasteiger partial charge in [0.25, 0.3) is 0 Å². The lowest BCUT2D eigenvalue weighted by Crippen LogP contribution is -2.43. The van der Waals surface area contributed by atoms with E-state index in [1.54, 1.807) is 11.3 Å². The molecular weight excluding hydrogens is 454 g/mol. The number of rotatable bonds is 8. The second kappa shape index (κ2) is 11.0. The van der Waals surface area contributed by atoms with E-state index < -0.39 is 11.7 Å². The number of alkyl carbamates (subject to hydrolysis) is 1. The Morgan fingerprint density at radius 1 is 1.00 bits per heavy atom. The molecule has 0 aliphatic heterocycles. The van der Waals surface area contributed by atoms with Crippen LogP contribution < -0.4 is 10.6 Å². The highest BCUT2D eigenvalue weighted by molar-refractivity contribution is 7.15. The molecule has 0 saturated heterocycles. The molecule has 2 aromatic heterocycles. The molecule has 182 valence electrons. The summed E-state index contributed by atoms with van der Waals surface area (Å²) in [5, 5.41) is 8.99. The molecule has 35 heavy (non-hydrogen) atoms. The molecular formula is C29H33N3O2S. The fraction of sp³-hybridized carbons (Fsp3) is 0.310. The van der Waals surface area contributed by atoms with Crippen LogP contribution in [0.15, 0.2) is 72.9 Å². The van der Waals surface area contributed by atoms with Gasteiger partial charge in [0.1, 0.15) is 5.60 Å². The summed E-state index contributed by atoms with van der Waals surface area (Å²) in [6, 6.07) is 23.3. The summed E-state index contributed by atoms with van der Waals surface area (Å²) < 4.78 is 5.43. The van der Waals surface area contributed by atoms with Crippen LogP contribution in [0.2, 0.25) is 0 Å². The largest absolute Gasteiger partial charge is 0.444 e. The summed E-state index contributed by atoms with van der Waals surface area (Å²) in [7, 11) is 0. The van der Waals surface area contributed by atoms with E-state index in [2.05, 4.69) is 89.3 Å². The van der Waals surface area contributed by atoms with Gasteiger partial charge in [-0.2, -0.15) is 0 Å². The Bertz CT molecular complexity index is 1280. The Hall–Kier alpha value is -3.22. The average molecular weight is 488 g/mol. The summed E-state index contributed by atoms with van der Waals surface area (Å²) in [5.74, 6) is 0. The van der Waals surface area contributed by atoms with Gasteiger partial charge in [-0.25, -0.2) is 4.79 Å². The quantitative estimate of drug-likeness (QED) is 0.298. The van der Waals surface area contributed by atoms with E-state index in [9.17, 15) is 4.79 Å². The second-order valence-corrected chi connectivity index (χ2v) is 11.1. The number of thiophene rings is 1. The topological polar surface area (TPSA) is 63.2 Å². The molecule has 4 rings (SSSR count). The molecule has 5 nitrogen and oxygen atoms in total. The van der Waals surface area contributed by atoms with Crippen LogP contribution >= 0.6 is 11.3 Å². The molecule has 1 unspecified atom stereocenters. The molecule has 6 heteroatoms. The van der Waals surface area contributed by atoms with Gasteiger partial charge in [-0.1, -0.05) is 42.5 Å². The molecule has 1 amide bonds. The molecule has 0 aliphatic rings. The van der Waals surface area contributed by atoms with Crippen molar-refractivity contribution < 1.29 is 9.53 Å².